The van der Waals surface area contributed by atoms with Crippen molar-refractivity contribution in [2.75, 3.05) is 20.0 Å². The number of imidazole rings is 1. The van der Waals surface area contributed by atoms with Crippen LogP contribution >= 0.6 is 0 Å². The third-order valence-electron chi connectivity index (χ3n) is 3.85. The van der Waals surface area contributed by atoms with Crippen LogP contribution in [0.5, 0.6) is 0 Å². The van der Waals surface area contributed by atoms with Gasteiger partial charge in [-0.1, -0.05) is 0 Å². The van der Waals surface area contributed by atoms with E-state index in [1.54, 1.807) is 20.5 Å². The van der Waals surface area contributed by atoms with E-state index in [4.69, 9.17) is 15.2 Å². The highest BCUT2D eigenvalue weighted by atomic mass is 16.7. The molecule has 0 aliphatic heterocycles. The Bertz CT molecular complexity index is 581. The van der Waals surface area contributed by atoms with Crippen LogP contribution in [0.2, 0.25) is 0 Å². The quantitative estimate of drug-likeness (QED) is 0.827. The second-order valence-corrected chi connectivity index (χ2v) is 4.73. The fraction of sp³-hybridized carbons (Fsp3) is 0.583. The average molecular weight is 263 g/mol. The van der Waals surface area contributed by atoms with Gasteiger partial charge < -0.3 is 19.8 Å². The summed E-state index contributed by atoms with van der Waals surface area (Å²) in [5.74, 6) is 0.721. The first-order valence-corrected chi connectivity index (χ1v) is 6.25. The van der Waals surface area contributed by atoms with Crippen LogP contribution in [-0.4, -0.2) is 40.0 Å². The summed E-state index contributed by atoms with van der Waals surface area (Å²) in [5, 5.41) is 0. The molecule has 2 aromatic heterocycles. The van der Waals surface area contributed by atoms with Gasteiger partial charge in [-0.25, -0.2) is 15.0 Å². The number of nitrogen functional groups attached to an aromatic ring is 1. The topological polar surface area (TPSA) is 88.1 Å². The van der Waals surface area contributed by atoms with Gasteiger partial charge in [0.15, 0.2) is 17.8 Å². The Hall–Kier alpha value is -1.73. The molecule has 1 aliphatic carbocycles. The standard InChI is InChI=1S/C12H17N5O2/c1-18-12(19-2)7-3-4-8(7)17-6-16-9-10(13)14-5-15-11(9)17/h5-8,12H,3-4H2,1-2H3,(H2,13,14,15). The maximum atomic E-state index is 5.80. The van der Waals surface area contributed by atoms with E-state index >= 15 is 0 Å². The van der Waals surface area contributed by atoms with E-state index in [-0.39, 0.29) is 12.3 Å². The molecule has 2 atom stereocenters. The van der Waals surface area contributed by atoms with E-state index in [0.717, 1.165) is 18.5 Å². The molecule has 1 aliphatic rings. The highest BCUT2D eigenvalue weighted by Gasteiger charge is 2.39. The fourth-order valence-electron chi connectivity index (χ4n) is 2.73. The zero-order chi connectivity index (χ0) is 13.4. The van der Waals surface area contributed by atoms with E-state index in [2.05, 4.69) is 15.0 Å². The van der Waals surface area contributed by atoms with Crippen molar-refractivity contribution in [1.82, 2.24) is 19.5 Å². The van der Waals surface area contributed by atoms with Crippen molar-refractivity contribution in [1.29, 1.82) is 0 Å². The number of hydrogen-bond acceptors (Lipinski definition) is 6. The maximum absolute atomic E-state index is 5.80. The second-order valence-electron chi connectivity index (χ2n) is 4.73. The van der Waals surface area contributed by atoms with Gasteiger partial charge in [0.2, 0.25) is 0 Å². The lowest BCUT2D eigenvalue weighted by Crippen LogP contribution is -2.39. The number of methoxy groups -OCH3 is 2. The van der Waals surface area contributed by atoms with Crippen LogP contribution in [0.1, 0.15) is 18.9 Å². The van der Waals surface area contributed by atoms with Crippen molar-refractivity contribution in [2.24, 2.45) is 5.92 Å². The molecule has 0 spiro atoms. The number of ether oxygens (including phenoxy) is 2. The molecule has 0 saturated heterocycles. The van der Waals surface area contributed by atoms with Gasteiger partial charge in [-0.2, -0.15) is 0 Å². The Morgan fingerprint density at radius 3 is 2.68 bits per heavy atom. The first kappa shape index (κ1) is 12.3. The van der Waals surface area contributed by atoms with Crippen molar-refractivity contribution in [2.45, 2.75) is 25.2 Å². The SMILES string of the molecule is COC(OC)C1CCC1n1cnc2c(N)ncnc21. The van der Waals surface area contributed by atoms with Gasteiger partial charge in [0.25, 0.3) is 0 Å². The summed E-state index contributed by atoms with van der Waals surface area (Å²) in [6, 6.07) is 0.282. The summed E-state index contributed by atoms with van der Waals surface area (Å²) in [6.45, 7) is 0. The molecule has 0 bridgehead atoms. The van der Waals surface area contributed by atoms with E-state index in [0.29, 0.717) is 17.3 Å². The first-order chi connectivity index (χ1) is 9.26. The normalized spacial score (nSPS) is 22.9. The van der Waals surface area contributed by atoms with Crippen LogP contribution in [0.25, 0.3) is 11.2 Å². The van der Waals surface area contributed by atoms with Crippen LogP contribution < -0.4 is 5.73 Å². The highest BCUT2D eigenvalue weighted by Crippen LogP contribution is 2.43. The van der Waals surface area contributed by atoms with Crippen molar-refractivity contribution >= 4 is 17.0 Å². The Morgan fingerprint density at radius 2 is 2.05 bits per heavy atom. The van der Waals surface area contributed by atoms with Gasteiger partial charge >= 0.3 is 0 Å². The molecule has 2 N–H and O–H groups in total. The van der Waals surface area contributed by atoms with Crippen LogP contribution in [-0.2, 0) is 9.47 Å². The predicted octanol–water partition coefficient (Wildman–Crippen LogP) is 0.978. The molecule has 102 valence electrons. The fourth-order valence-corrected chi connectivity index (χ4v) is 2.73. The Labute approximate surface area is 110 Å². The molecule has 1 saturated carbocycles. The zero-order valence-electron chi connectivity index (χ0n) is 11.0. The largest absolute Gasteiger partial charge is 0.382 e. The monoisotopic (exact) mass is 263 g/mol. The lowest BCUT2D eigenvalue weighted by molar-refractivity contribution is -0.167. The number of hydrogen-bond donors (Lipinski definition) is 1. The minimum Gasteiger partial charge on any atom is -0.382 e. The summed E-state index contributed by atoms with van der Waals surface area (Å²) in [5.41, 5.74) is 7.22. The summed E-state index contributed by atoms with van der Waals surface area (Å²) in [6.07, 6.45) is 5.17. The highest BCUT2D eigenvalue weighted by molar-refractivity contribution is 5.81. The summed E-state index contributed by atoms with van der Waals surface area (Å²) in [4.78, 5) is 12.5. The van der Waals surface area contributed by atoms with Crippen molar-refractivity contribution in [3.8, 4) is 0 Å². The average Bonchev–Trinajstić information content (AvgIpc) is 2.80. The molecule has 0 amide bonds. The van der Waals surface area contributed by atoms with Gasteiger partial charge in [0.05, 0.1) is 6.33 Å². The van der Waals surface area contributed by atoms with E-state index in [9.17, 15) is 0 Å². The summed E-state index contributed by atoms with van der Waals surface area (Å²) in [7, 11) is 3.32. The molecule has 0 aromatic carbocycles. The Morgan fingerprint density at radius 1 is 1.26 bits per heavy atom. The molecular weight excluding hydrogens is 246 g/mol. The third-order valence-corrected chi connectivity index (χ3v) is 3.85. The van der Waals surface area contributed by atoms with Crippen molar-refractivity contribution in [3.63, 3.8) is 0 Å². The first-order valence-electron chi connectivity index (χ1n) is 6.25. The number of rotatable bonds is 4. The van der Waals surface area contributed by atoms with Gasteiger partial charge in [-0.3, -0.25) is 0 Å². The molecule has 2 aromatic rings. The molecule has 7 nitrogen and oxygen atoms in total. The lowest BCUT2D eigenvalue weighted by Gasteiger charge is -2.40. The van der Waals surface area contributed by atoms with Gasteiger partial charge in [0.1, 0.15) is 11.8 Å². The minimum atomic E-state index is -0.199. The smallest absolute Gasteiger partial charge is 0.165 e. The molecule has 7 heteroatoms. The second kappa shape index (κ2) is 4.75. The molecule has 3 rings (SSSR count). The van der Waals surface area contributed by atoms with E-state index in [1.807, 2.05) is 4.57 Å². The summed E-state index contributed by atoms with van der Waals surface area (Å²) < 4.78 is 12.8. The van der Waals surface area contributed by atoms with Gasteiger partial charge in [-0.15, -0.1) is 0 Å². The Kier molecular flexibility index (Phi) is 3.08. The van der Waals surface area contributed by atoms with Gasteiger partial charge in [-0.05, 0) is 12.8 Å². The van der Waals surface area contributed by atoms with Crippen LogP contribution in [0, 0.1) is 5.92 Å². The molecule has 1 fully saturated rings. The molecular formula is C12H17N5O2. The van der Waals surface area contributed by atoms with E-state index < -0.39 is 0 Å². The van der Waals surface area contributed by atoms with E-state index in [1.165, 1.54) is 6.33 Å². The van der Waals surface area contributed by atoms with Crippen LogP contribution in [0.4, 0.5) is 5.82 Å². The summed E-state index contributed by atoms with van der Waals surface area (Å²) >= 11 is 0. The zero-order valence-corrected chi connectivity index (χ0v) is 11.0. The Balaban J connectivity index is 1.95. The molecule has 2 heterocycles. The molecule has 19 heavy (non-hydrogen) atoms. The number of aromatic nitrogens is 4. The molecule has 2 unspecified atom stereocenters. The lowest BCUT2D eigenvalue weighted by atomic mass is 9.78. The molecule has 0 radical (unpaired) electrons. The van der Waals surface area contributed by atoms with Crippen LogP contribution in [0.3, 0.4) is 0 Å². The van der Waals surface area contributed by atoms with Crippen molar-refractivity contribution < 1.29 is 9.47 Å². The van der Waals surface area contributed by atoms with Crippen molar-refractivity contribution in [3.05, 3.63) is 12.7 Å². The number of fused-ring (bicyclic) bond motifs is 1. The minimum absolute atomic E-state index is 0.199. The third kappa shape index (κ3) is 1.85. The maximum Gasteiger partial charge on any atom is 0.165 e. The number of anilines is 1. The predicted molar refractivity (Wildman–Crippen MR) is 69.3 cm³/mol. The van der Waals surface area contributed by atoms with Crippen LogP contribution in [0.15, 0.2) is 12.7 Å². The number of nitrogens with zero attached hydrogens (tertiary/aromatic N) is 4. The van der Waals surface area contributed by atoms with Gasteiger partial charge in [0, 0.05) is 26.2 Å². The number of nitrogens with two attached hydrogens (primary N) is 1.